The van der Waals surface area contributed by atoms with Gasteiger partial charge >= 0.3 is 5.97 Å². The second-order valence-corrected chi connectivity index (χ2v) is 10.1. The number of anilines is 1. The van der Waals surface area contributed by atoms with Gasteiger partial charge in [-0.2, -0.15) is 0 Å². The van der Waals surface area contributed by atoms with Crippen molar-refractivity contribution in [3.8, 4) is 5.75 Å². The fourth-order valence-corrected chi connectivity index (χ4v) is 6.84. The number of carbonyl (C=O) groups excluding carboxylic acids is 3. The molecule has 0 aromatic heterocycles. The molecule has 1 saturated heterocycles. The van der Waals surface area contributed by atoms with Crippen LogP contribution < -0.4 is 9.64 Å². The van der Waals surface area contributed by atoms with Gasteiger partial charge in [0.25, 0.3) is 0 Å². The van der Waals surface area contributed by atoms with Crippen LogP contribution in [0.4, 0.5) is 5.69 Å². The minimum atomic E-state index is -0.257. The van der Waals surface area contributed by atoms with Gasteiger partial charge in [0.2, 0.25) is 11.8 Å². The molecule has 0 N–H and O–H groups in total. The number of unbranched alkanes of at least 4 members (excludes halogenated alkanes) is 2. The van der Waals surface area contributed by atoms with E-state index in [4.69, 9.17) is 4.74 Å². The zero-order valence-electron chi connectivity index (χ0n) is 15.6. The molecule has 1 aliphatic heterocycles. The van der Waals surface area contributed by atoms with E-state index in [1.54, 1.807) is 24.3 Å². The van der Waals surface area contributed by atoms with Crippen LogP contribution in [0.5, 0.6) is 5.75 Å². The van der Waals surface area contributed by atoms with Crippen molar-refractivity contribution in [3.63, 3.8) is 0 Å². The van der Waals surface area contributed by atoms with Crippen LogP contribution in [0, 0.1) is 23.7 Å². The van der Waals surface area contributed by atoms with E-state index >= 15 is 0 Å². The molecule has 0 spiro atoms. The number of hydrogen-bond acceptors (Lipinski definition) is 4. The van der Waals surface area contributed by atoms with Gasteiger partial charge < -0.3 is 4.74 Å². The number of amides is 2. The number of rotatable bonds is 6. The molecule has 1 heterocycles. The molecule has 2 bridgehead atoms. The Kier molecular flexibility index (Phi) is 5.67. The lowest BCUT2D eigenvalue weighted by molar-refractivity contribution is -0.134. The lowest BCUT2D eigenvalue weighted by atomic mass is 9.81. The van der Waals surface area contributed by atoms with Gasteiger partial charge in [-0.1, -0.05) is 51.6 Å². The summed E-state index contributed by atoms with van der Waals surface area (Å²) >= 11 is 7.40. The van der Waals surface area contributed by atoms with Crippen LogP contribution in [0.15, 0.2) is 24.3 Å². The van der Waals surface area contributed by atoms with Crippen LogP contribution in [-0.4, -0.2) is 27.4 Å². The molecule has 7 heteroatoms. The number of ether oxygens (including phenoxy) is 1. The van der Waals surface area contributed by atoms with Gasteiger partial charge in [-0.25, -0.2) is 0 Å². The quantitative estimate of drug-likeness (QED) is 0.186. The summed E-state index contributed by atoms with van der Waals surface area (Å²) in [5.41, 5.74) is 0.548. The number of alkyl halides is 2. The topological polar surface area (TPSA) is 63.7 Å². The standard InChI is InChI=1S/C21H23Br2NO4/c1-2-3-4-5-15(25)28-12-8-6-11(7-9-12)24-20(26)16-13-10-14(17(16)21(24)27)19(23)18(13)22/h6-9,13-14,16-19H,2-5,10H2,1H3. The highest BCUT2D eigenvalue weighted by Gasteiger charge is 2.66. The van der Waals surface area contributed by atoms with Crippen LogP contribution in [0.2, 0.25) is 0 Å². The average molecular weight is 513 g/mol. The van der Waals surface area contributed by atoms with Crippen molar-refractivity contribution in [2.24, 2.45) is 23.7 Å². The summed E-state index contributed by atoms with van der Waals surface area (Å²) in [6, 6.07) is 6.67. The van der Waals surface area contributed by atoms with Gasteiger partial charge in [0, 0.05) is 16.1 Å². The summed E-state index contributed by atoms with van der Waals surface area (Å²) in [6.45, 7) is 2.08. The second-order valence-electron chi connectivity index (χ2n) is 7.94. The Bertz CT molecular complexity index is 764. The number of hydrogen-bond donors (Lipinski definition) is 0. The zero-order valence-corrected chi connectivity index (χ0v) is 18.8. The molecule has 3 aliphatic rings. The Labute approximate surface area is 181 Å². The maximum atomic E-state index is 13.0. The van der Waals surface area contributed by atoms with Crippen LogP contribution in [-0.2, 0) is 14.4 Å². The number of halogens is 2. The molecular formula is C21H23Br2NO4. The molecule has 4 rings (SSSR count). The maximum absolute atomic E-state index is 13.0. The van der Waals surface area contributed by atoms with Gasteiger partial charge in [-0.3, -0.25) is 19.3 Å². The molecule has 1 aromatic carbocycles. The molecule has 6 unspecified atom stereocenters. The van der Waals surface area contributed by atoms with Crippen molar-refractivity contribution in [1.29, 1.82) is 0 Å². The first-order valence-electron chi connectivity index (χ1n) is 9.90. The number of imide groups is 1. The highest BCUT2D eigenvalue weighted by atomic mass is 79.9. The molecule has 28 heavy (non-hydrogen) atoms. The first-order chi connectivity index (χ1) is 13.4. The zero-order chi connectivity index (χ0) is 20.0. The van der Waals surface area contributed by atoms with E-state index in [1.165, 1.54) is 4.90 Å². The molecule has 0 radical (unpaired) electrons. The monoisotopic (exact) mass is 511 g/mol. The van der Waals surface area contributed by atoms with Gasteiger partial charge in [-0.05, 0) is 48.9 Å². The van der Waals surface area contributed by atoms with E-state index < -0.39 is 0 Å². The number of benzene rings is 1. The molecular weight excluding hydrogens is 490 g/mol. The second kappa shape index (κ2) is 7.90. The van der Waals surface area contributed by atoms with E-state index in [2.05, 4.69) is 38.8 Å². The van der Waals surface area contributed by atoms with Crippen molar-refractivity contribution < 1.29 is 19.1 Å². The number of carbonyl (C=O) groups is 3. The summed E-state index contributed by atoms with van der Waals surface area (Å²) in [6.07, 6.45) is 4.18. The fourth-order valence-electron chi connectivity index (χ4n) is 4.97. The number of nitrogens with zero attached hydrogens (tertiary/aromatic N) is 1. The van der Waals surface area contributed by atoms with E-state index in [0.717, 1.165) is 25.7 Å². The van der Waals surface area contributed by atoms with Crippen molar-refractivity contribution in [2.45, 2.75) is 48.7 Å². The van der Waals surface area contributed by atoms with E-state index in [1.807, 2.05) is 0 Å². The highest BCUT2D eigenvalue weighted by Crippen LogP contribution is 2.60. The largest absolute Gasteiger partial charge is 0.427 e. The lowest BCUT2D eigenvalue weighted by Gasteiger charge is -2.28. The highest BCUT2D eigenvalue weighted by molar-refractivity contribution is 9.12. The molecule has 150 valence electrons. The minimum Gasteiger partial charge on any atom is -0.427 e. The third-order valence-corrected chi connectivity index (χ3v) is 9.50. The summed E-state index contributed by atoms with van der Waals surface area (Å²) in [4.78, 5) is 39.7. The normalized spacial score (nSPS) is 33.5. The molecule has 2 amide bonds. The molecule has 2 aliphatic carbocycles. The third-order valence-electron chi connectivity index (χ3n) is 6.30. The van der Waals surface area contributed by atoms with Gasteiger partial charge in [0.1, 0.15) is 5.75 Å². The Hall–Kier alpha value is -1.21. The summed E-state index contributed by atoms with van der Waals surface area (Å²) in [5.74, 6) is -0.0869. The summed E-state index contributed by atoms with van der Waals surface area (Å²) in [5, 5.41) is 0. The van der Waals surface area contributed by atoms with Crippen LogP contribution in [0.3, 0.4) is 0 Å². The lowest BCUT2D eigenvalue weighted by Crippen LogP contribution is -2.37. The summed E-state index contributed by atoms with van der Waals surface area (Å²) < 4.78 is 5.34. The first-order valence-corrected chi connectivity index (χ1v) is 11.7. The van der Waals surface area contributed by atoms with E-state index in [9.17, 15) is 14.4 Å². The van der Waals surface area contributed by atoms with Gasteiger partial charge in [0.15, 0.2) is 0 Å². The molecule has 3 fully saturated rings. The van der Waals surface area contributed by atoms with Crippen LogP contribution in [0.1, 0.15) is 39.0 Å². The minimum absolute atomic E-state index is 0.101. The molecule has 1 aromatic rings. The van der Waals surface area contributed by atoms with Crippen molar-refractivity contribution in [3.05, 3.63) is 24.3 Å². The van der Waals surface area contributed by atoms with Crippen molar-refractivity contribution >= 4 is 55.3 Å². The van der Waals surface area contributed by atoms with Gasteiger partial charge in [0.05, 0.1) is 17.5 Å². The Balaban J connectivity index is 1.46. The Morgan fingerprint density at radius 1 is 1.04 bits per heavy atom. The van der Waals surface area contributed by atoms with Crippen LogP contribution in [0.25, 0.3) is 0 Å². The van der Waals surface area contributed by atoms with E-state index in [-0.39, 0.29) is 51.1 Å². The molecule has 2 saturated carbocycles. The van der Waals surface area contributed by atoms with E-state index in [0.29, 0.717) is 17.9 Å². The Morgan fingerprint density at radius 2 is 1.61 bits per heavy atom. The van der Waals surface area contributed by atoms with Crippen molar-refractivity contribution in [2.75, 3.05) is 4.90 Å². The summed E-state index contributed by atoms with van der Waals surface area (Å²) in [7, 11) is 0. The average Bonchev–Trinajstić information content (AvgIpc) is 3.28. The Morgan fingerprint density at radius 3 is 2.14 bits per heavy atom. The molecule has 5 nitrogen and oxygen atoms in total. The predicted molar refractivity (Wildman–Crippen MR) is 113 cm³/mol. The first kappa shape index (κ1) is 20.1. The molecule has 6 atom stereocenters. The van der Waals surface area contributed by atoms with Crippen LogP contribution >= 0.6 is 31.9 Å². The SMILES string of the molecule is CCCCCC(=O)Oc1ccc(N2C(=O)C3C4CC(C(Br)C4Br)C3C2=O)cc1. The van der Waals surface area contributed by atoms with Gasteiger partial charge in [-0.15, -0.1) is 0 Å². The fraction of sp³-hybridized carbons (Fsp3) is 0.571. The smallest absolute Gasteiger partial charge is 0.311 e. The third kappa shape index (κ3) is 3.24. The number of fused-ring (bicyclic) bond motifs is 5. The predicted octanol–water partition coefficient (Wildman–Crippen LogP) is 4.45. The van der Waals surface area contributed by atoms with Crippen molar-refractivity contribution in [1.82, 2.24) is 0 Å². The number of esters is 1. The maximum Gasteiger partial charge on any atom is 0.311 e.